The third-order valence-electron chi connectivity index (χ3n) is 2.10. The first kappa shape index (κ1) is 10.5. The van der Waals surface area contributed by atoms with Crippen LogP contribution in [0.4, 0.5) is 0 Å². The van der Waals surface area contributed by atoms with Gasteiger partial charge in [0.2, 0.25) is 0 Å². The van der Waals surface area contributed by atoms with Crippen LogP contribution in [0.1, 0.15) is 19.4 Å². The van der Waals surface area contributed by atoms with Crippen molar-refractivity contribution in [2.45, 2.75) is 13.8 Å². The molecular weight excluding hydrogens is 170 g/mol. The van der Waals surface area contributed by atoms with Crippen molar-refractivity contribution in [3.8, 4) is 0 Å². The summed E-state index contributed by atoms with van der Waals surface area (Å²) in [6.07, 6.45) is 5.59. The van der Waals surface area contributed by atoms with E-state index < -0.39 is 0 Å². The van der Waals surface area contributed by atoms with Crippen molar-refractivity contribution in [1.82, 2.24) is 4.98 Å². The molecule has 0 aliphatic rings. The Labute approximate surface area is 85.5 Å². The standard InChI is InChI=1S/C13H15N/c1-10(2)11(3)8-12(4)13-6-5-7-14-9-13/h5-9H,1,4H2,2-3H3/b11-8+. The summed E-state index contributed by atoms with van der Waals surface area (Å²) in [5.41, 5.74) is 4.24. The largest absolute Gasteiger partial charge is 0.264 e. The van der Waals surface area contributed by atoms with Gasteiger partial charge in [-0.1, -0.05) is 30.9 Å². The summed E-state index contributed by atoms with van der Waals surface area (Å²) in [7, 11) is 0. The van der Waals surface area contributed by atoms with Gasteiger partial charge in [0.05, 0.1) is 0 Å². The Morgan fingerprint density at radius 3 is 2.57 bits per heavy atom. The number of pyridine rings is 1. The summed E-state index contributed by atoms with van der Waals surface area (Å²) in [5, 5.41) is 0. The molecule has 0 atom stereocenters. The molecule has 0 aromatic carbocycles. The Bertz CT molecular complexity index is 371. The maximum Gasteiger partial charge on any atom is 0.0346 e. The summed E-state index contributed by atoms with van der Waals surface area (Å²) >= 11 is 0. The molecule has 1 nitrogen and oxygen atoms in total. The minimum Gasteiger partial charge on any atom is -0.264 e. The average Bonchev–Trinajstić information content (AvgIpc) is 2.19. The fourth-order valence-electron chi connectivity index (χ4n) is 1.02. The van der Waals surface area contributed by atoms with Crippen molar-refractivity contribution in [2.24, 2.45) is 0 Å². The highest BCUT2D eigenvalue weighted by molar-refractivity contribution is 5.72. The second-order valence-electron chi connectivity index (χ2n) is 3.37. The van der Waals surface area contributed by atoms with Crippen LogP contribution in [0, 0.1) is 0 Å². The summed E-state index contributed by atoms with van der Waals surface area (Å²) in [5.74, 6) is 0. The lowest BCUT2D eigenvalue weighted by Crippen LogP contribution is -1.83. The van der Waals surface area contributed by atoms with E-state index in [-0.39, 0.29) is 0 Å². The van der Waals surface area contributed by atoms with E-state index in [1.807, 2.05) is 38.3 Å². The third kappa shape index (κ3) is 2.70. The Morgan fingerprint density at radius 2 is 2.07 bits per heavy atom. The molecule has 0 unspecified atom stereocenters. The van der Waals surface area contributed by atoms with Gasteiger partial charge in [-0.3, -0.25) is 4.98 Å². The quantitative estimate of drug-likeness (QED) is 0.655. The van der Waals surface area contributed by atoms with Crippen LogP contribution in [0.3, 0.4) is 0 Å². The minimum atomic E-state index is 0.971. The SMILES string of the molecule is C=C(C)/C(C)=C/C(=C)c1cccnc1. The lowest BCUT2D eigenvalue weighted by molar-refractivity contribution is 1.31. The average molecular weight is 185 g/mol. The van der Waals surface area contributed by atoms with E-state index in [1.54, 1.807) is 6.20 Å². The fraction of sp³-hybridized carbons (Fsp3) is 0.154. The first-order chi connectivity index (χ1) is 6.61. The summed E-state index contributed by atoms with van der Waals surface area (Å²) in [4.78, 5) is 4.05. The van der Waals surface area contributed by atoms with Crippen LogP contribution < -0.4 is 0 Å². The van der Waals surface area contributed by atoms with Gasteiger partial charge in [0.15, 0.2) is 0 Å². The van der Waals surface area contributed by atoms with Crippen LogP contribution in [0.15, 0.2) is 54.9 Å². The predicted molar refractivity (Wildman–Crippen MR) is 61.8 cm³/mol. The van der Waals surface area contributed by atoms with Gasteiger partial charge in [0.25, 0.3) is 0 Å². The monoisotopic (exact) mass is 185 g/mol. The van der Waals surface area contributed by atoms with Gasteiger partial charge in [-0.25, -0.2) is 0 Å². The molecule has 0 N–H and O–H groups in total. The number of aromatic nitrogens is 1. The van der Waals surface area contributed by atoms with Gasteiger partial charge in [0, 0.05) is 12.4 Å². The Morgan fingerprint density at radius 1 is 1.36 bits per heavy atom. The summed E-state index contributed by atoms with van der Waals surface area (Å²) in [6.45, 7) is 11.9. The molecule has 14 heavy (non-hydrogen) atoms. The van der Waals surface area contributed by atoms with Crippen molar-refractivity contribution >= 4 is 5.57 Å². The molecule has 1 rings (SSSR count). The molecule has 0 radical (unpaired) electrons. The van der Waals surface area contributed by atoms with Crippen LogP contribution in [-0.4, -0.2) is 4.98 Å². The van der Waals surface area contributed by atoms with Gasteiger partial charge in [-0.15, -0.1) is 0 Å². The van der Waals surface area contributed by atoms with Crippen LogP contribution in [0.5, 0.6) is 0 Å². The molecule has 0 bridgehead atoms. The fourth-order valence-corrected chi connectivity index (χ4v) is 1.02. The molecule has 1 aromatic heterocycles. The molecule has 0 spiro atoms. The van der Waals surface area contributed by atoms with E-state index in [9.17, 15) is 0 Å². The number of rotatable bonds is 3. The predicted octanol–water partition coefficient (Wildman–Crippen LogP) is 3.62. The van der Waals surface area contributed by atoms with Crippen molar-refractivity contribution in [2.75, 3.05) is 0 Å². The maximum atomic E-state index is 4.05. The highest BCUT2D eigenvalue weighted by Crippen LogP contribution is 2.16. The first-order valence-corrected chi connectivity index (χ1v) is 4.54. The molecule has 0 aliphatic heterocycles. The molecule has 1 aromatic rings. The number of hydrogen-bond acceptors (Lipinski definition) is 1. The topological polar surface area (TPSA) is 12.9 Å². The Balaban J connectivity index is 2.88. The highest BCUT2D eigenvalue weighted by atomic mass is 14.6. The maximum absolute atomic E-state index is 4.05. The highest BCUT2D eigenvalue weighted by Gasteiger charge is 1.96. The zero-order chi connectivity index (χ0) is 10.6. The summed E-state index contributed by atoms with van der Waals surface area (Å²) < 4.78 is 0. The molecule has 0 saturated carbocycles. The van der Waals surface area contributed by atoms with Crippen LogP contribution in [0.2, 0.25) is 0 Å². The lowest BCUT2D eigenvalue weighted by atomic mass is 10.0. The second kappa shape index (κ2) is 4.56. The molecule has 1 heterocycles. The van der Waals surface area contributed by atoms with Crippen LogP contribution in [0.25, 0.3) is 5.57 Å². The van der Waals surface area contributed by atoms with Crippen LogP contribution >= 0.6 is 0 Å². The minimum absolute atomic E-state index is 0.971. The first-order valence-electron chi connectivity index (χ1n) is 4.54. The van der Waals surface area contributed by atoms with E-state index in [0.29, 0.717) is 0 Å². The van der Waals surface area contributed by atoms with Gasteiger partial charge in [-0.05, 0) is 36.6 Å². The van der Waals surface area contributed by atoms with Gasteiger partial charge < -0.3 is 0 Å². The van der Waals surface area contributed by atoms with Crippen molar-refractivity contribution in [3.63, 3.8) is 0 Å². The van der Waals surface area contributed by atoms with E-state index in [2.05, 4.69) is 18.1 Å². The molecule has 1 heteroatoms. The molecule has 0 aliphatic carbocycles. The summed E-state index contributed by atoms with van der Waals surface area (Å²) in [6, 6.07) is 3.90. The Hall–Kier alpha value is -1.63. The van der Waals surface area contributed by atoms with E-state index >= 15 is 0 Å². The van der Waals surface area contributed by atoms with Crippen LogP contribution in [-0.2, 0) is 0 Å². The Kier molecular flexibility index (Phi) is 3.41. The number of nitrogens with zero attached hydrogens (tertiary/aromatic N) is 1. The van der Waals surface area contributed by atoms with Gasteiger partial charge in [0.1, 0.15) is 0 Å². The second-order valence-corrected chi connectivity index (χ2v) is 3.37. The van der Waals surface area contributed by atoms with Crippen molar-refractivity contribution in [3.05, 3.63) is 60.5 Å². The molecule has 0 saturated heterocycles. The van der Waals surface area contributed by atoms with E-state index in [4.69, 9.17) is 0 Å². The third-order valence-corrected chi connectivity index (χ3v) is 2.10. The lowest BCUT2D eigenvalue weighted by Gasteiger charge is -2.02. The van der Waals surface area contributed by atoms with Crippen molar-refractivity contribution < 1.29 is 0 Å². The molecule has 72 valence electrons. The molecular formula is C13H15N. The van der Waals surface area contributed by atoms with Crippen molar-refractivity contribution in [1.29, 1.82) is 0 Å². The molecule has 0 fully saturated rings. The van der Waals surface area contributed by atoms with Gasteiger partial charge in [-0.2, -0.15) is 0 Å². The number of allylic oxidation sites excluding steroid dienone is 4. The zero-order valence-corrected chi connectivity index (χ0v) is 8.75. The molecule has 0 amide bonds. The van der Waals surface area contributed by atoms with Gasteiger partial charge >= 0.3 is 0 Å². The number of hydrogen-bond donors (Lipinski definition) is 0. The zero-order valence-electron chi connectivity index (χ0n) is 8.75. The van der Waals surface area contributed by atoms with E-state index in [0.717, 1.165) is 22.3 Å². The van der Waals surface area contributed by atoms with E-state index in [1.165, 1.54) is 0 Å². The smallest absolute Gasteiger partial charge is 0.0346 e. The normalized spacial score (nSPS) is 11.1.